The number of benzene rings is 1. The molecule has 1 aliphatic carbocycles. The summed E-state index contributed by atoms with van der Waals surface area (Å²) in [7, 11) is 0. The molecule has 4 rings (SSSR count). The van der Waals surface area contributed by atoms with Gasteiger partial charge in [-0.1, -0.05) is 26.0 Å². The van der Waals surface area contributed by atoms with Gasteiger partial charge in [-0.25, -0.2) is 0 Å². The number of ketones is 1. The number of carbonyl (C=O) groups is 2. The van der Waals surface area contributed by atoms with Crippen LogP contribution in [0.15, 0.2) is 47.0 Å². The third kappa shape index (κ3) is 3.40. The van der Waals surface area contributed by atoms with Gasteiger partial charge in [0.2, 0.25) is 5.91 Å². The minimum Gasteiger partial charge on any atom is -0.294 e. The molecule has 2 heterocycles. The minimum atomic E-state index is -0.461. The number of nitrogens with zero attached hydrogens (tertiary/aromatic N) is 2. The summed E-state index contributed by atoms with van der Waals surface area (Å²) in [5.41, 5.74) is 2.30. The molecule has 1 amide bonds. The average Bonchev–Trinajstić information content (AvgIpc) is 3.15. The molecule has 7 heteroatoms. The van der Waals surface area contributed by atoms with Crippen LogP contribution in [0, 0.1) is 22.5 Å². The summed E-state index contributed by atoms with van der Waals surface area (Å²) in [6.45, 7) is 5.87. The van der Waals surface area contributed by atoms with Crippen molar-refractivity contribution < 1.29 is 14.5 Å². The topological polar surface area (TPSA) is 80.5 Å². The number of aryl methyl sites for hydroxylation is 1. The largest absolute Gasteiger partial charge is 0.294 e. The fourth-order valence-corrected chi connectivity index (χ4v) is 5.22. The van der Waals surface area contributed by atoms with E-state index in [0.717, 1.165) is 10.4 Å². The van der Waals surface area contributed by atoms with Crippen LogP contribution in [0.1, 0.15) is 49.5 Å². The smallest absolute Gasteiger partial charge is 0.271 e. The molecule has 0 N–H and O–H groups in total. The highest BCUT2D eigenvalue weighted by molar-refractivity contribution is 7.10. The Hall–Kier alpha value is -2.80. The second-order valence-corrected chi connectivity index (χ2v) is 9.51. The second kappa shape index (κ2) is 6.91. The Kier molecular flexibility index (Phi) is 4.65. The van der Waals surface area contributed by atoms with Crippen molar-refractivity contribution in [1.82, 2.24) is 0 Å². The number of Topliss-reactive ketones (excluding diaryl/α,β-unsaturated/α-hetero) is 1. The molecule has 1 aromatic heterocycles. The molecule has 0 bridgehead atoms. The summed E-state index contributed by atoms with van der Waals surface area (Å²) >= 11 is 1.55. The molecular weight excluding hydrogens is 388 g/mol. The maximum absolute atomic E-state index is 13.3. The molecule has 29 heavy (non-hydrogen) atoms. The average molecular weight is 410 g/mol. The molecule has 2 aromatic rings. The van der Waals surface area contributed by atoms with Gasteiger partial charge in [0.05, 0.1) is 10.6 Å². The summed E-state index contributed by atoms with van der Waals surface area (Å²) in [5.74, 6) is -0.303. The zero-order chi connectivity index (χ0) is 20.9. The molecular formula is C22H22N2O4S. The normalized spacial score (nSPS) is 21.3. The second-order valence-electron chi connectivity index (χ2n) is 8.53. The quantitative estimate of drug-likeness (QED) is 0.519. The first-order valence-corrected chi connectivity index (χ1v) is 10.4. The van der Waals surface area contributed by atoms with Gasteiger partial charge in [0.1, 0.15) is 0 Å². The summed E-state index contributed by atoms with van der Waals surface area (Å²) in [6.07, 6.45) is 1.20. The maximum atomic E-state index is 13.3. The number of anilines is 1. The van der Waals surface area contributed by atoms with Crippen LogP contribution in [0.2, 0.25) is 0 Å². The number of non-ortho nitro benzene ring substituents is 1. The van der Waals surface area contributed by atoms with Crippen LogP contribution in [0.4, 0.5) is 11.4 Å². The molecule has 2 aliphatic rings. The van der Waals surface area contributed by atoms with Crippen LogP contribution < -0.4 is 4.90 Å². The van der Waals surface area contributed by atoms with E-state index in [1.54, 1.807) is 22.3 Å². The summed E-state index contributed by atoms with van der Waals surface area (Å²) in [4.78, 5) is 39.9. The van der Waals surface area contributed by atoms with Crippen molar-refractivity contribution in [1.29, 1.82) is 0 Å². The Morgan fingerprint density at radius 1 is 1.21 bits per heavy atom. The van der Waals surface area contributed by atoms with Gasteiger partial charge in [0.25, 0.3) is 5.69 Å². The maximum Gasteiger partial charge on any atom is 0.271 e. The zero-order valence-electron chi connectivity index (χ0n) is 16.6. The van der Waals surface area contributed by atoms with E-state index in [2.05, 4.69) is 0 Å². The van der Waals surface area contributed by atoms with Crippen molar-refractivity contribution in [3.8, 4) is 0 Å². The summed E-state index contributed by atoms with van der Waals surface area (Å²) in [5, 5.41) is 13.3. The molecule has 1 aromatic carbocycles. The van der Waals surface area contributed by atoms with Crippen LogP contribution in [0.3, 0.4) is 0 Å². The Bertz CT molecular complexity index is 1050. The molecule has 150 valence electrons. The van der Waals surface area contributed by atoms with E-state index in [4.69, 9.17) is 0 Å². The lowest BCUT2D eigenvalue weighted by Gasteiger charge is -2.43. The first kappa shape index (κ1) is 19.5. The zero-order valence-corrected chi connectivity index (χ0v) is 17.4. The van der Waals surface area contributed by atoms with Crippen molar-refractivity contribution >= 4 is 34.4 Å². The fraction of sp³-hybridized carbons (Fsp3) is 0.364. The van der Waals surface area contributed by atoms with Crippen molar-refractivity contribution in [2.75, 3.05) is 4.90 Å². The monoisotopic (exact) mass is 410 g/mol. The molecule has 0 saturated carbocycles. The summed E-state index contributed by atoms with van der Waals surface area (Å²) in [6, 6.07) is 8.43. The van der Waals surface area contributed by atoms with Gasteiger partial charge in [-0.05, 0) is 35.8 Å². The van der Waals surface area contributed by atoms with Crippen LogP contribution >= 0.6 is 11.3 Å². The van der Waals surface area contributed by atoms with Gasteiger partial charge in [-0.3, -0.25) is 24.6 Å². The van der Waals surface area contributed by atoms with Crippen LogP contribution in [0.25, 0.3) is 0 Å². The SMILES string of the molecule is Cc1ccc([N+](=O)[O-])cc1N1C(=O)CC(c2cccs2)C2=C1CC(C)(C)CC2=O. The highest BCUT2D eigenvalue weighted by Crippen LogP contribution is 2.49. The number of rotatable bonds is 3. The van der Waals surface area contributed by atoms with E-state index in [0.29, 0.717) is 29.8 Å². The minimum absolute atomic E-state index is 0.0650. The Morgan fingerprint density at radius 3 is 2.62 bits per heavy atom. The first-order chi connectivity index (χ1) is 13.7. The highest BCUT2D eigenvalue weighted by Gasteiger charge is 2.45. The molecule has 0 saturated heterocycles. The van der Waals surface area contributed by atoms with Crippen molar-refractivity contribution in [3.05, 3.63) is 67.5 Å². The van der Waals surface area contributed by atoms with Crippen molar-refractivity contribution in [2.24, 2.45) is 5.41 Å². The molecule has 0 radical (unpaired) electrons. The number of nitro groups is 1. The molecule has 1 aliphatic heterocycles. The number of carbonyl (C=O) groups excluding carboxylic acids is 2. The third-order valence-corrected chi connectivity index (χ3v) is 6.66. The van der Waals surface area contributed by atoms with Crippen LogP contribution in [0.5, 0.6) is 0 Å². The fourth-order valence-electron chi connectivity index (χ4n) is 4.38. The van der Waals surface area contributed by atoms with Gasteiger partial charge < -0.3 is 0 Å². The number of hydrogen-bond acceptors (Lipinski definition) is 5. The van der Waals surface area contributed by atoms with Gasteiger partial charge in [-0.2, -0.15) is 0 Å². The highest BCUT2D eigenvalue weighted by atomic mass is 32.1. The van der Waals surface area contributed by atoms with E-state index in [-0.39, 0.29) is 35.1 Å². The molecule has 0 spiro atoms. The van der Waals surface area contributed by atoms with Gasteiger partial charge in [0, 0.05) is 47.0 Å². The van der Waals surface area contributed by atoms with Gasteiger partial charge >= 0.3 is 0 Å². The first-order valence-electron chi connectivity index (χ1n) is 9.55. The molecule has 0 fully saturated rings. The molecule has 6 nitrogen and oxygen atoms in total. The van der Waals surface area contributed by atoms with E-state index in [9.17, 15) is 19.7 Å². The van der Waals surface area contributed by atoms with Crippen molar-refractivity contribution in [2.45, 2.75) is 46.0 Å². The van der Waals surface area contributed by atoms with Crippen LogP contribution in [-0.2, 0) is 9.59 Å². The number of nitro benzene ring substituents is 1. The van der Waals surface area contributed by atoms with Gasteiger partial charge in [0.15, 0.2) is 5.78 Å². The Balaban J connectivity index is 1.93. The lowest BCUT2D eigenvalue weighted by Crippen LogP contribution is -2.43. The number of allylic oxidation sites excluding steroid dienone is 2. The van der Waals surface area contributed by atoms with E-state index in [1.807, 2.05) is 38.3 Å². The standard InChI is InChI=1S/C22H22N2O4S/c1-13-6-7-14(24(27)28)9-16(13)23-17-11-22(2,3)12-18(25)21(17)15(10-20(23)26)19-5-4-8-29-19/h4-9,15H,10-12H2,1-3H3. The number of amides is 1. The van der Waals surface area contributed by atoms with E-state index >= 15 is 0 Å². The predicted octanol–water partition coefficient (Wildman–Crippen LogP) is 5.13. The number of hydrogen-bond donors (Lipinski definition) is 0. The predicted molar refractivity (Wildman–Crippen MR) is 112 cm³/mol. The molecule has 1 unspecified atom stereocenters. The Labute approximate surface area is 173 Å². The Morgan fingerprint density at radius 2 is 1.97 bits per heavy atom. The molecule has 1 atom stereocenters. The number of thiophene rings is 1. The lowest BCUT2D eigenvalue weighted by molar-refractivity contribution is -0.384. The van der Waals surface area contributed by atoms with Crippen LogP contribution in [-0.4, -0.2) is 16.6 Å². The van der Waals surface area contributed by atoms with E-state index in [1.165, 1.54) is 12.1 Å². The van der Waals surface area contributed by atoms with Gasteiger partial charge in [-0.15, -0.1) is 11.3 Å². The van der Waals surface area contributed by atoms with Crippen molar-refractivity contribution in [3.63, 3.8) is 0 Å². The van der Waals surface area contributed by atoms with E-state index < -0.39 is 4.92 Å². The third-order valence-electron chi connectivity index (χ3n) is 5.67. The summed E-state index contributed by atoms with van der Waals surface area (Å²) < 4.78 is 0. The lowest BCUT2D eigenvalue weighted by atomic mass is 9.70.